The van der Waals surface area contributed by atoms with Gasteiger partial charge in [-0.3, -0.25) is 4.79 Å². The summed E-state index contributed by atoms with van der Waals surface area (Å²) in [7, 11) is 0. The van der Waals surface area contributed by atoms with Crippen molar-refractivity contribution in [3.05, 3.63) is 53.1 Å². The van der Waals surface area contributed by atoms with Gasteiger partial charge in [0.2, 0.25) is 0 Å². The van der Waals surface area contributed by atoms with Gasteiger partial charge >= 0.3 is 0 Å². The maximum absolute atomic E-state index is 12.3. The topological polar surface area (TPSA) is 64.3 Å². The van der Waals surface area contributed by atoms with Crippen molar-refractivity contribution in [2.75, 3.05) is 17.7 Å². The van der Waals surface area contributed by atoms with Crippen molar-refractivity contribution >= 4 is 28.9 Å². The third kappa shape index (κ3) is 3.22. The number of benzene rings is 2. The van der Waals surface area contributed by atoms with E-state index in [1.54, 1.807) is 42.5 Å². The number of ether oxygens (including phenoxy) is 1. The van der Waals surface area contributed by atoms with Gasteiger partial charge < -0.3 is 15.8 Å². The highest BCUT2D eigenvalue weighted by Gasteiger charge is 2.15. The van der Waals surface area contributed by atoms with Crippen LogP contribution in [0.2, 0.25) is 5.02 Å². The summed E-state index contributed by atoms with van der Waals surface area (Å²) in [5.74, 6) is 0.129. The molecule has 20 heavy (non-hydrogen) atoms. The van der Waals surface area contributed by atoms with E-state index in [2.05, 4.69) is 5.32 Å². The number of para-hydroxylation sites is 1. The van der Waals surface area contributed by atoms with Gasteiger partial charge in [0.05, 0.1) is 17.9 Å². The smallest absolute Gasteiger partial charge is 0.259 e. The van der Waals surface area contributed by atoms with Crippen LogP contribution in [0.3, 0.4) is 0 Å². The van der Waals surface area contributed by atoms with E-state index >= 15 is 0 Å². The first-order valence-electron chi connectivity index (χ1n) is 6.20. The minimum absolute atomic E-state index is 0.275. The lowest BCUT2D eigenvalue weighted by Gasteiger charge is -2.12. The molecule has 4 nitrogen and oxygen atoms in total. The van der Waals surface area contributed by atoms with Gasteiger partial charge in [-0.25, -0.2) is 0 Å². The van der Waals surface area contributed by atoms with Gasteiger partial charge in [0.1, 0.15) is 0 Å². The maximum atomic E-state index is 12.3. The van der Waals surface area contributed by atoms with E-state index < -0.39 is 0 Å². The Morgan fingerprint density at radius 3 is 2.60 bits per heavy atom. The van der Waals surface area contributed by atoms with Crippen LogP contribution in [-0.2, 0) is 0 Å². The van der Waals surface area contributed by atoms with Crippen LogP contribution in [0.25, 0.3) is 0 Å². The summed E-state index contributed by atoms with van der Waals surface area (Å²) in [6, 6.07) is 12.0. The third-order valence-corrected chi connectivity index (χ3v) is 2.93. The number of rotatable bonds is 4. The third-order valence-electron chi connectivity index (χ3n) is 2.68. The van der Waals surface area contributed by atoms with E-state index in [0.29, 0.717) is 34.3 Å². The highest BCUT2D eigenvalue weighted by atomic mass is 35.5. The van der Waals surface area contributed by atoms with E-state index in [9.17, 15) is 4.79 Å². The fraction of sp³-hybridized carbons (Fsp3) is 0.133. The zero-order valence-electron chi connectivity index (χ0n) is 11.0. The lowest BCUT2D eigenvalue weighted by atomic mass is 10.1. The Labute approximate surface area is 122 Å². The molecule has 2 aromatic rings. The number of anilines is 2. The minimum atomic E-state index is -0.275. The Morgan fingerprint density at radius 2 is 1.95 bits per heavy atom. The highest BCUT2D eigenvalue weighted by molar-refractivity contribution is 6.30. The molecule has 5 heteroatoms. The number of halogens is 1. The molecule has 0 fully saturated rings. The molecule has 0 bridgehead atoms. The molecule has 0 atom stereocenters. The van der Waals surface area contributed by atoms with Crippen LogP contribution in [0.15, 0.2) is 42.5 Å². The molecule has 0 unspecified atom stereocenters. The molecular formula is C15H15ClN2O2. The first kappa shape index (κ1) is 14.2. The second-order valence-electron chi connectivity index (χ2n) is 4.12. The molecule has 0 saturated heterocycles. The summed E-state index contributed by atoms with van der Waals surface area (Å²) < 4.78 is 5.44. The van der Waals surface area contributed by atoms with E-state index in [1.807, 2.05) is 6.92 Å². The molecule has 0 aliphatic carbocycles. The van der Waals surface area contributed by atoms with Crippen molar-refractivity contribution in [2.45, 2.75) is 6.92 Å². The monoisotopic (exact) mass is 290 g/mol. The minimum Gasteiger partial charge on any atom is -0.491 e. The number of nitrogens with two attached hydrogens (primary N) is 1. The average Bonchev–Trinajstić information content (AvgIpc) is 2.43. The van der Waals surface area contributed by atoms with Crippen LogP contribution in [0.1, 0.15) is 17.3 Å². The molecule has 0 aromatic heterocycles. The summed E-state index contributed by atoms with van der Waals surface area (Å²) in [6.45, 7) is 2.28. The van der Waals surface area contributed by atoms with Crippen LogP contribution in [0, 0.1) is 0 Å². The van der Waals surface area contributed by atoms with Crippen molar-refractivity contribution in [3.8, 4) is 5.75 Å². The van der Waals surface area contributed by atoms with E-state index in [0.717, 1.165) is 0 Å². The average molecular weight is 291 g/mol. The number of carbonyl (C=O) groups excluding carboxylic acids is 1. The summed E-state index contributed by atoms with van der Waals surface area (Å²) in [5, 5.41) is 3.39. The summed E-state index contributed by atoms with van der Waals surface area (Å²) >= 11 is 5.80. The van der Waals surface area contributed by atoms with Crippen molar-refractivity contribution in [1.82, 2.24) is 0 Å². The zero-order chi connectivity index (χ0) is 14.5. The Kier molecular flexibility index (Phi) is 4.48. The Balaban J connectivity index is 2.25. The van der Waals surface area contributed by atoms with Gasteiger partial charge in [0.15, 0.2) is 5.75 Å². The lowest BCUT2D eigenvalue weighted by molar-refractivity contribution is 0.102. The fourth-order valence-corrected chi connectivity index (χ4v) is 1.90. The Hall–Kier alpha value is -2.20. The van der Waals surface area contributed by atoms with E-state index in [1.165, 1.54) is 0 Å². The van der Waals surface area contributed by atoms with Crippen LogP contribution in [0.5, 0.6) is 5.75 Å². The van der Waals surface area contributed by atoms with Crippen LogP contribution in [0.4, 0.5) is 11.4 Å². The predicted octanol–water partition coefficient (Wildman–Crippen LogP) is 3.57. The van der Waals surface area contributed by atoms with E-state index in [-0.39, 0.29) is 5.91 Å². The maximum Gasteiger partial charge on any atom is 0.259 e. The number of carbonyl (C=O) groups is 1. The van der Waals surface area contributed by atoms with Crippen LogP contribution < -0.4 is 15.8 Å². The molecule has 0 aliphatic heterocycles. The van der Waals surface area contributed by atoms with Crippen molar-refractivity contribution in [2.24, 2.45) is 0 Å². The standard InChI is InChI=1S/C15H15ClN2O2/c1-2-20-14-12(4-3-5-13(14)17)15(19)18-11-8-6-10(16)7-9-11/h3-9H,2,17H2,1H3,(H,18,19). The molecule has 104 valence electrons. The molecule has 2 rings (SSSR count). The number of hydrogen-bond donors (Lipinski definition) is 2. The predicted molar refractivity (Wildman–Crippen MR) is 81.4 cm³/mol. The fourth-order valence-electron chi connectivity index (χ4n) is 1.77. The second kappa shape index (κ2) is 6.30. The van der Waals surface area contributed by atoms with Gasteiger partial charge in [-0.1, -0.05) is 17.7 Å². The van der Waals surface area contributed by atoms with Gasteiger partial charge in [0, 0.05) is 10.7 Å². The number of nitrogen functional groups attached to an aromatic ring is 1. The molecule has 0 radical (unpaired) electrons. The first-order chi connectivity index (χ1) is 9.61. The lowest BCUT2D eigenvalue weighted by Crippen LogP contribution is -2.14. The van der Waals surface area contributed by atoms with Crippen LogP contribution >= 0.6 is 11.6 Å². The zero-order valence-corrected chi connectivity index (χ0v) is 11.8. The molecule has 2 aromatic carbocycles. The van der Waals surface area contributed by atoms with Gasteiger partial charge in [-0.2, -0.15) is 0 Å². The van der Waals surface area contributed by atoms with Crippen molar-refractivity contribution < 1.29 is 9.53 Å². The second-order valence-corrected chi connectivity index (χ2v) is 4.55. The molecule has 1 amide bonds. The van der Waals surface area contributed by atoms with Crippen molar-refractivity contribution in [3.63, 3.8) is 0 Å². The molecule has 0 aliphatic rings. The number of hydrogen-bond acceptors (Lipinski definition) is 3. The molecule has 0 saturated carbocycles. The first-order valence-corrected chi connectivity index (χ1v) is 6.58. The van der Waals surface area contributed by atoms with Gasteiger partial charge in [-0.15, -0.1) is 0 Å². The Bertz CT molecular complexity index is 612. The largest absolute Gasteiger partial charge is 0.491 e. The Morgan fingerprint density at radius 1 is 1.25 bits per heavy atom. The molecule has 3 N–H and O–H groups in total. The normalized spacial score (nSPS) is 10.1. The quantitative estimate of drug-likeness (QED) is 0.846. The summed E-state index contributed by atoms with van der Waals surface area (Å²) in [4.78, 5) is 12.3. The van der Waals surface area contributed by atoms with Gasteiger partial charge in [0.25, 0.3) is 5.91 Å². The summed E-state index contributed by atoms with van der Waals surface area (Å²) in [5.41, 5.74) is 7.34. The van der Waals surface area contributed by atoms with E-state index in [4.69, 9.17) is 22.1 Å². The van der Waals surface area contributed by atoms with Crippen LogP contribution in [-0.4, -0.2) is 12.5 Å². The van der Waals surface area contributed by atoms with Crippen molar-refractivity contribution in [1.29, 1.82) is 0 Å². The van der Waals surface area contributed by atoms with Gasteiger partial charge in [-0.05, 0) is 43.3 Å². The molecule has 0 heterocycles. The summed E-state index contributed by atoms with van der Waals surface area (Å²) in [6.07, 6.45) is 0. The highest BCUT2D eigenvalue weighted by Crippen LogP contribution is 2.27. The number of nitrogens with one attached hydrogen (secondary N) is 1. The number of amides is 1. The molecule has 0 spiro atoms. The molecular weight excluding hydrogens is 276 g/mol. The SMILES string of the molecule is CCOc1c(N)cccc1C(=O)Nc1ccc(Cl)cc1.